The molecule has 2 aromatic carbocycles. The van der Waals surface area contributed by atoms with Crippen LogP contribution in [0.2, 0.25) is 0 Å². The van der Waals surface area contributed by atoms with Crippen molar-refractivity contribution in [2.24, 2.45) is 0 Å². The van der Waals surface area contributed by atoms with E-state index in [9.17, 15) is 0 Å². The van der Waals surface area contributed by atoms with Gasteiger partial charge in [-0.3, -0.25) is 4.68 Å². The van der Waals surface area contributed by atoms with Crippen molar-refractivity contribution in [3.05, 3.63) is 71.9 Å². The van der Waals surface area contributed by atoms with E-state index in [1.165, 1.54) is 11.1 Å². The lowest BCUT2D eigenvalue weighted by atomic mass is 10.1. The van der Waals surface area contributed by atoms with Gasteiger partial charge in [0.1, 0.15) is 5.75 Å². The number of thiocarbonyl (C=S) groups is 1. The van der Waals surface area contributed by atoms with Gasteiger partial charge in [-0.2, -0.15) is 5.10 Å². The number of nitrogens with zero attached hydrogens (tertiary/aromatic N) is 2. The summed E-state index contributed by atoms with van der Waals surface area (Å²) in [6.07, 6.45) is 1.93. The van der Waals surface area contributed by atoms with Gasteiger partial charge in [-0.05, 0) is 55.9 Å². The Kier molecular flexibility index (Phi) is 5.86. The summed E-state index contributed by atoms with van der Waals surface area (Å²) in [4.78, 5) is 0. The van der Waals surface area contributed by atoms with Gasteiger partial charge in [-0.25, -0.2) is 0 Å². The van der Waals surface area contributed by atoms with Crippen LogP contribution in [0.5, 0.6) is 5.75 Å². The lowest BCUT2D eigenvalue weighted by Gasteiger charge is -2.09. The van der Waals surface area contributed by atoms with Crippen LogP contribution < -0.4 is 15.4 Å². The zero-order valence-electron chi connectivity index (χ0n) is 14.9. The Hall–Kier alpha value is -2.86. The molecule has 134 valence electrons. The molecule has 6 heteroatoms. The molecule has 1 aromatic heterocycles. The lowest BCUT2D eigenvalue weighted by molar-refractivity contribution is 0.340. The molecule has 5 nitrogen and oxygen atoms in total. The van der Waals surface area contributed by atoms with E-state index in [4.69, 9.17) is 17.0 Å². The fourth-order valence-corrected chi connectivity index (χ4v) is 2.70. The number of ether oxygens (including phenoxy) is 1. The van der Waals surface area contributed by atoms with Crippen LogP contribution >= 0.6 is 12.2 Å². The van der Waals surface area contributed by atoms with Gasteiger partial charge in [0, 0.05) is 18.0 Å². The third-order valence-electron chi connectivity index (χ3n) is 3.77. The first-order valence-corrected chi connectivity index (χ1v) is 8.93. The molecule has 0 aliphatic carbocycles. The van der Waals surface area contributed by atoms with Gasteiger partial charge in [0.05, 0.1) is 13.2 Å². The maximum Gasteiger partial charge on any atom is 0.176 e. The quantitative estimate of drug-likeness (QED) is 0.631. The number of benzene rings is 2. The summed E-state index contributed by atoms with van der Waals surface area (Å²) < 4.78 is 7.31. The molecular formula is C20H22N4OS. The summed E-state index contributed by atoms with van der Waals surface area (Å²) in [6.45, 7) is 5.42. The maximum atomic E-state index is 5.43. The van der Waals surface area contributed by atoms with Crippen LogP contribution in [0.1, 0.15) is 18.1 Å². The Morgan fingerprint density at radius 3 is 2.46 bits per heavy atom. The Bertz CT molecular complexity index is 856. The van der Waals surface area contributed by atoms with E-state index in [0.717, 1.165) is 18.0 Å². The SMILES string of the molecule is CCOc1ccc(NC(=S)Nc2ccn(Cc3ccc(C)cc3)n2)cc1. The molecule has 0 bridgehead atoms. The highest BCUT2D eigenvalue weighted by Gasteiger charge is 2.04. The van der Waals surface area contributed by atoms with Gasteiger partial charge < -0.3 is 15.4 Å². The Morgan fingerprint density at radius 2 is 1.77 bits per heavy atom. The molecule has 2 N–H and O–H groups in total. The van der Waals surface area contributed by atoms with Crippen LogP contribution in [0, 0.1) is 6.92 Å². The molecule has 0 atom stereocenters. The van der Waals surface area contributed by atoms with Gasteiger partial charge in [-0.1, -0.05) is 29.8 Å². The number of rotatable bonds is 6. The predicted octanol–water partition coefficient (Wildman–Crippen LogP) is 4.45. The fraction of sp³-hybridized carbons (Fsp3) is 0.200. The summed E-state index contributed by atoms with van der Waals surface area (Å²) in [5.41, 5.74) is 3.35. The number of aryl methyl sites for hydroxylation is 1. The van der Waals surface area contributed by atoms with Gasteiger partial charge in [0.25, 0.3) is 0 Å². The summed E-state index contributed by atoms with van der Waals surface area (Å²) in [5.74, 6) is 1.55. The number of anilines is 2. The van der Waals surface area contributed by atoms with Crippen molar-refractivity contribution >= 4 is 28.8 Å². The van der Waals surface area contributed by atoms with Crippen molar-refractivity contribution in [1.82, 2.24) is 9.78 Å². The second-order valence-electron chi connectivity index (χ2n) is 5.92. The van der Waals surface area contributed by atoms with Crippen molar-refractivity contribution in [2.45, 2.75) is 20.4 Å². The Labute approximate surface area is 159 Å². The van der Waals surface area contributed by atoms with Gasteiger partial charge in [0.2, 0.25) is 0 Å². The highest BCUT2D eigenvalue weighted by Crippen LogP contribution is 2.16. The average Bonchev–Trinajstić information content (AvgIpc) is 3.05. The molecule has 0 spiro atoms. The molecular weight excluding hydrogens is 344 g/mol. The van der Waals surface area contributed by atoms with Crippen LogP contribution in [-0.2, 0) is 6.54 Å². The predicted molar refractivity (Wildman–Crippen MR) is 110 cm³/mol. The van der Waals surface area contributed by atoms with E-state index in [-0.39, 0.29) is 0 Å². The molecule has 3 rings (SSSR count). The van der Waals surface area contributed by atoms with Crippen LogP contribution in [-0.4, -0.2) is 21.5 Å². The molecule has 0 amide bonds. The van der Waals surface area contributed by atoms with Crippen molar-refractivity contribution in [2.75, 3.05) is 17.2 Å². The zero-order valence-corrected chi connectivity index (χ0v) is 15.7. The standard InChI is InChI=1S/C20H22N4OS/c1-3-25-18-10-8-17(9-11-18)21-20(26)22-19-12-13-24(23-19)14-16-6-4-15(2)5-7-16/h4-13H,3,14H2,1-2H3,(H2,21,22,23,26). The molecule has 26 heavy (non-hydrogen) atoms. The van der Waals surface area contributed by atoms with Crippen LogP contribution in [0.25, 0.3) is 0 Å². The highest BCUT2D eigenvalue weighted by molar-refractivity contribution is 7.80. The van der Waals surface area contributed by atoms with Crippen LogP contribution in [0.4, 0.5) is 11.5 Å². The van der Waals surface area contributed by atoms with Crippen molar-refractivity contribution in [1.29, 1.82) is 0 Å². The second kappa shape index (κ2) is 8.49. The van der Waals surface area contributed by atoms with Gasteiger partial charge in [0.15, 0.2) is 10.9 Å². The van der Waals surface area contributed by atoms with Crippen LogP contribution in [0.3, 0.4) is 0 Å². The Morgan fingerprint density at radius 1 is 1.04 bits per heavy atom. The molecule has 0 saturated heterocycles. The summed E-state index contributed by atoms with van der Waals surface area (Å²) in [7, 11) is 0. The van der Waals surface area contributed by atoms with E-state index >= 15 is 0 Å². The van der Waals surface area contributed by atoms with Gasteiger partial charge in [-0.15, -0.1) is 0 Å². The first-order valence-electron chi connectivity index (χ1n) is 8.52. The molecule has 0 radical (unpaired) electrons. The maximum absolute atomic E-state index is 5.43. The van der Waals surface area contributed by atoms with Crippen LogP contribution in [0.15, 0.2) is 60.8 Å². The molecule has 1 heterocycles. The third kappa shape index (κ3) is 5.07. The minimum absolute atomic E-state index is 0.495. The van der Waals surface area contributed by atoms with E-state index in [2.05, 4.69) is 46.9 Å². The molecule has 0 fully saturated rings. The van der Waals surface area contributed by atoms with E-state index in [0.29, 0.717) is 17.5 Å². The third-order valence-corrected chi connectivity index (χ3v) is 3.97. The highest BCUT2D eigenvalue weighted by atomic mass is 32.1. The summed E-state index contributed by atoms with van der Waals surface area (Å²) in [5, 5.41) is 11.2. The first-order chi connectivity index (χ1) is 12.6. The fourth-order valence-electron chi connectivity index (χ4n) is 2.48. The molecule has 0 aliphatic heterocycles. The first kappa shape index (κ1) is 17.9. The van der Waals surface area contributed by atoms with Crippen molar-refractivity contribution < 1.29 is 4.74 Å². The summed E-state index contributed by atoms with van der Waals surface area (Å²) in [6, 6.07) is 18.0. The van der Waals surface area contributed by atoms with E-state index in [1.807, 2.05) is 48.1 Å². The number of nitrogens with one attached hydrogen (secondary N) is 2. The second-order valence-corrected chi connectivity index (χ2v) is 6.33. The zero-order chi connectivity index (χ0) is 18.4. The monoisotopic (exact) mass is 366 g/mol. The molecule has 3 aromatic rings. The van der Waals surface area contributed by atoms with Crippen molar-refractivity contribution in [3.63, 3.8) is 0 Å². The largest absolute Gasteiger partial charge is 0.494 e. The minimum atomic E-state index is 0.495. The minimum Gasteiger partial charge on any atom is -0.494 e. The average molecular weight is 366 g/mol. The summed E-state index contributed by atoms with van der Waals surface area (Å²) >= 11 is 5.35. The number of aromatic nitrogens is 2. The lowest BCUT2D eigenvalue weighted by Crippen LogP contribution is -2.19. The number of hydrogen-bond acceptors (Lipinski definition) is 3. The normalized spacial score (nSPS) is 10.4. The Balaban J connectivity index is 1.54. The molecule has 0 aliphatic rings. The number of hydrogen-bond donors (Lipinski definition) is 2. The van der Waals surface area contributed by atoms with E-state index < -0.39 is 0 Å². The topological polar surface area (TPSA) is 51.1 Å². The van der Waals surface area contributed by atoms with Crippen molar-refractivity contribution in [3.8, 4) is 5.75 Å². The van der Waals surface area contributed by atoms with E-state index in [1.54, 1.807) is 0 Å². The molecule has 0 unspecified atom stereocenters. The molecule has 0 saturated carbocycles. The van der Waals surface area contributed by atoms with Gasteiger partial charge >= 0.3 is 0 Å². The smallest absolute Gasteiger partial charge is 0.176 e.